The van der Waals surface area contributed by atoms with E-state index in [9.17, 15) is 19.7 Å². The van der Waals surface area contributed by atoms with Crippen molar-refractivity contribution in [1.29, 1.82) is 0 Å². The molecule has 7 nitrogen and oxygen atoms in total. The maximum Gasteiger partial charge on any atom is 0.311 e. The molecule has 0 radical (unpaired) electrons. The molecule has 24 heavy (non-hydrogen) atoms. The van der Waals surface area contributed by atoms with Gasteiger partial charge in [0.15, 0.2) is 0 Å². The van der Waals surface area contributed by atoms with Crippen LogP contribution in [0.4, 0.5) is 5.69 Å². The number of nitro benzene ring substituents is 1. The Morgan fingerprint density at radius 3 is 2.79 bits per heavy atom. The van der Waals surface area contributed by atoms with Gasteiger partial charge in [0.05, 0.1) is 16.4 Å². The number of nitro groups is 1. The molecule has 0 aromatic heterocycles. The zero-order valence-corrected chi connectivity index (χ0v) is 13.5. The highest BCUT2D eigenvalue weighted by Crippen LogP contribution is 2.33. The van der Waals surface area contributed by atoms with Gasteiger partial charge < -0.3 is 9.64 Å². The van der Waals surface area contributed by atoms with Gasteiger partial charge in [-0.05, 0) is 31.7 Å². The van der Waals surface area contributed by atoms with E-state index in [2.05, 4.69) is 0 Å². The van der Waals surface area contributed by atoms with Gasteiger partial charge in [-0.2, -0.15) is 0 Å². The van der Waals surface area contributed by atoms with Gasteiger partial charge in [0.2, 0.25) is 5.91 Å². The average molecular weight is 332 g/mol. The molecule has 128 valence electrons. The summed E-state index contributed by atoms with van der Waals surface area (Å²) in [4.78, 5) is 36.6. The summed E-state index contributed by atoms with van der Waals surface area (Å²) in [7, 11) is 0. The Balaban J connectivity index is 1.62. The maximum atomic E-state index is 12.3. The highest BCUT2D eigenvalue weighted by Gasteiger charge is 2.38. The highest BCUT2D eigenvalue weighted by atomic mass is 16.6. The smallest absolute Gasteiger partial charge is 0.311 e. The van der Waals surface area contributed by atoms with Crippen LogP contribution in [-0.2, 0) is 14.3 Å². The molecule has 1 saturated heterocycles. The van der Waals surface area contributed by atoms with Crippen LogP contribution in [0.2, 0.25) is 0 Å². The average Bonchev–Trinajstić information content (AvgIpc) is 3.29. The normalized spacial score (nSPS) is 21.6. The minimum Gasteiger partial charge on any atom is -0.457 e. The molecule has 2 aliphatic rings. The highest BCUT2D eigenvalue weighted by molar-refractivity contribution is 5.87. The van der Waals surface area contributed by atoms with Gasteiger partial charge in [0.25, 0.3) is 5.69 Å². The van der Waals surface area contributed by atoms with E-state index in [1.807, 2.05) is 0 Å². The van der Waals surface area contributed by atoms with E-state index in [1.165, 1.54) is 6.07 Å². The molecule has 1 aliphatic carbocycles. The molecule has 0 bridgehead atoms. The summed E-state index contributed by atoms with van der Waals surface area (Å²) in [6, 6.07) is 6.20. The van der Waals surface area contributed by atoms with E-state index in [4.69, 9.17) is 4.74 Å². The Bertz CT molecular complexity index is 671. The van der Waals surface area contributed by atoms with E-state index in [1.54, 1.807) is 30.0 Å². The van der Waals surface area contributed by atoms with Crippen LogP contribution in [0, 0.1) is 22.0 Å². The monoisotopic (exact) mass is 332 g/mol. The quantitative estimate of drug-likeness (QED) is 0.453. The fraction of sp³-hybridized carbons (Fsp3) is 0.529. The van der Waals surface area contributed by atoms with Crippen LogP contribution in [0.3, 0.4) is 0 Å². The molecular weight excluding hydrogens is 312 g/mol. The first-order chi connectivity index (χ1) is 11.5. The fourth-order valence-electron chi connectivity index (χ4n) is 3.05. The predicted molar refractivity (Wildman–Crippen MR) is 85.0 cm³/mol. The van der Waals surface area contributed by atoms with Crippen LogP contribution in [0.1, 0.15) is 37.9 Å². The number of hydrogen-bond donors (Lipinski definition) is 0. The second kappa shape index (κ2) is 6.59. The number of carbonyl (C=O) groups is 2. The fourth-order valence-corrected chi connectivity index (χ4v) is 3.05. The summed E-state index contributed by atoms with van der Waals surface area (Å²) >= 11 is 0. The number of carbonyl (C=O) groups excluding carboxylic acids is 2. The van der Waals surface area contributed by atoms with Crippen molar-refractivity contribution in [2.45, 2.75) is 32.3 Å². The van der Waals surface area contributed by atoms with E-state index in [-0.39, 0.29) is 18.0 Å². The second-order valence-electron chi connectivity index (χ2n) is 6.54. The first-order valence-electron chi connectivity index (χ1n) is 8.17. The van der Waals surface area contributed by atoms with Gasteiger partial charge in [0, 0.05) is 25.6 Å². The molecule has 1 amide bonds. The second-order valence-corrected chi connectivity index (χ2v) is 6.54. The summed E-state index contributed by atoms with van der Waals surface area (Å²) in [6.45, 7) is 2.72. The molecular formula is C17H20N2O5. The van der Waals surface area contributed by atoms with Crippen molar-refractivity contribution >= 4 is 17.6 Å². The molecule has 7 heteroatoms. The lowest BCUT2D eigenvalue weighted by molar-refractivity contribution is -0.386. The Morgan fingerprint density at radius 1 is 1.42 bits per heavy atom. The molecule has 1 aromatic rings. The Hall–Kier alpha value is -2.44. The lowest BCUT2D eigenvalue weighted by Crippen LogP contribution is -2.29. The molecule has 0 unspecified atom stereocenters. The Kier molecular flexibility index (Phi) is 4.51. The third-order valence-corrected chi connectivity index (χ3v) is 4.59. The standard InChI is InChI=1S/C17H20N2O5/c1-11(14-4-2-3-5-15(14)19(22)23)24-17(21)13-8-16(20)18(10-13)9-12-6-7-12/h2-5,11-13H,6-10H2,1H3/t11-,13-/m1/s1. The maximum absolute atomic E-state index is 12.3. The van der Waals surface area contributed by atoms with Crippen molar-refractivity contribution in [2.75, 3.05) is 13.1 Å². The third kappa shape index (κ3) is 3.55. The molecule has 2 fully saturated rings. The van der Waals surface area contributed by atoms with E-state index in [0.29, 0.717) is 18.0 Å². The van der Waals surface area contributed by atoms with Gasteiger partial charge >= 0.3 is 5.97 Å². The summed E-state index contributed by atoms with van der Waals surface area (Å²) in [5, 5.41) is 11.1. The van der Waals surface area contributed by atoms with Crippen molar-refractivity contribution in [3.05, 3.63) is 39.9 Å². The Morgan fingerprint density at radius 2 is 2.12 bits per heavy atom. The number of ether oxygens (including phenoxy) is 1. The molecule has 1 aliphatic heterocycles. The van der Waals surface area contributed by atoms with Crippen molar-refractivity contribution in [2.24, 2.45) is 11.8 Å². The van der Waals surface area contributed by atoms with Gasteiger partial charge in [0.1, 0.15) is 6.10 Å². The molecule has 1 saturated carbocycles. The van der Waals surface area contributed by atoms with E-state index < -0.39 is 22.9 Å². The molecule has 1 heterocycles. The van der Waals surface area contributed by atoms with Crippen LogP contribution in [0.25, 0.3) is 0 Å². The first-order valence-corrected chi connectivity index (χ1v) is 8.17. The van der Waals surface area contributed by atoms with E-state index in [0.717, 1.165) is 19.4 Å². The zero-order valence-electron chi connectivity index (χ0n) is 13.5. The van der Waals surface area contributed by atoms with E-state index >= 15 is 0 Å². The number of amides is 1. The van der Waals surface area contributed by atoms with Gasteiger partial charge in [-0.1, -0.05) is 12.1 Å². The summed E-state index contributed by atoms with van der Waals surface area (Å²) < 4.78 is 5.41. The van der Waals surface area contributed by atoms with Crippen LogP contribution in [0.5, 0.6) is 0 Å². The SMILES string of the molecule is C[C@@H](OC(=O)[C@@H]1CC(=O)N(CC2CC2)C1)c1ccccc1[N+](=O)[O-]. The van der Waals surface area contributed by atoms with Gasteiger partial charge in [-0.15, -0.1) is 0 Å². The van der Waals surface area contributed by atoms with Crippen molar-refractivity contribution < 1.29 is 19.2 Å². The minimum absolute atomic E-state index is 0.0119. The molecule has 1 aromatic carbocycles. The number of rotatable bonds is 6. The van der Waals surface area contributed by atoms with Crippen LogP contribution >= 0.6 is 0 Å². The van der Waals surface area contributed by atoms with Crippen LogP contribution in [0.15, 0.2) is 24.3 Å². The zero-order chi connectivity index (χ0) is 17.3. The first kappa shape index (κ1) is 16.4. The summed E-state index contributed by atoms with van der Waals surface area (Å²) in [6.07, 6.45) is 1.72. The van der Waals surface area contributed by atoms with Crippen LogP contribution in [-0.4, -0.2) is 34.8 Å². The van der Waals surface area contributed by atoms with Crippen molar-refractivity contribution in [1.82, 2.24) is 4.90 Å². The van der Waals surface area contributed by atoms with Gasteiger partial charge in [-0.25, -0.2) is 0 Å². The number of likely N-dealkylation sites (tertiary alicyclic amines) is 1. The summed E-state index contributed by atoms with van der Waals surface area (Å²) in [5.41, 5.74) is 0.283. The van der Waals surface area contributed by atoms with Crippen molar-refractivity contribution in [3.8, 4) is 0 Å². The van der Waals surface area contributed by atoms with Gasteiger partial charge in [-0.3, -0.25) is 19.7 Å². The number of esters is 1. The largest absolute Gasteiger partial charge is 0.457 e. The number of hydrogen-bond acceptors (Lipinski definition) is 5. The number of para-hydroxylation sites is 1. The molecule has 3 rings (SSSR count). The molecule has 2 atom stereocenters. The topological polar surface area (TPSA) is 89.8 Å². The number of benzene rings is 1. The summed E-state index contributed by atoms with van der Waals surface area (Å²) in [5.74, 6) is -0.384. The van der Waals surface area contributed by atoms with Crippen molar-refractivity contribution in [3.63, 3.8) is 0 Å². The Labute approximate surface area is 139 Å². The molecule has 0 spiro atoms. The third-order valence-electron chi connectivity index (χ3n) is 4.59. The molecule has 0 N–H and O–H groups in total. The number of nitrogens with zero attached hydrogens (tertiary/aromatic N) is 2. The minimum atomic E-state index is -0.730. The lowest BCUT2D eigenvalue weighted by Gasteiger charge is -2.18. The lowest BCUT2D eigenvalue weighted by atomic mass is 10.1. The predicted octanol–water partition coefficient (Wildman–Crippen LogP) is 2.46. The van der Waals surface area contributed by atoms with Crippen LogP contribution < -0.4 is 0 Å².